The van der Waals surface area contributed by atoms with E-state index in [0.29, 0.717) is 18.8 Å². The monoisotopic (exact) mass is 286 g/mol. The molecule has 0 atom stereocenters. The summed E-state index contributed by atoms with van der Waals surface area (Å²) < 4.78 is 31.8. The molecule has 108 valence electrons. The first-order valence-corrected chi connectivity index (χ1v) is 7.85. The highest BCUT2D eigenvalue weighted by Gasteiger charge is 2.26. The number of nitrogens with zero attached hydrogens (tertiary/aromatic N) is 1. The molecule has 0 radical (unpaired) electrons. The van der Waals surface area contributed by atoms with E-state index in [-0.39, 0.29) is 10.6 Å². The van der Waals surface area contributed by atoms with Gasteiger partial charge in [-0.15, -0.1) is 0 Å². The zero-order valence-corrected chi connectivity index (χ0v) is 12.5. The van der Waals surface area contributed by atoms with E-state index >= 15 is 0 Å². The van der Waals surface area contributed by atoms with Crippen molar-refractivity contribution in [2.75, 3.05) is 25.9 Å². The molecule has 0 spiro atoms. The van der Waals surface area contributed by atoms with E-state index in [1.165, 1.54) is 23.5 Å². The fraction of sp³-hybridized carbons (Fsp3) is 0.538. The lowest BCUT2D eigenvalue weighted by Gasteiger charge is -2.22. The van der Waals surface area contributed by atoms with Gasteiger partial charge in [-0.05, 0) is 25.0 Å². The molecule has 0 aliphatic heterocycles. The average Bonchev–Trinajstić information content (AvgIpc) is 2.38. The second-order valence-corrected chi connectivity index (χ2v) is 6.22. The Morgan fingerprint density at radius 3 is 2.26 bits per heavy atom. The van der Waals surface area contributed by atoms with Crippen LogP contribution in [0.3, 0.4) is 0 Å². The number of nitrogen functional groups attached to an aromatic ring is 1. The van der Waals surface area contributed by atoms with E-state index in [2.05, 4.69) is 0 Å². The van der Waals surface area contributed by atoms with E-state index < -0.39 is 10.0 Å². The van der Waals surface area contributed by atoms with Gasteiger partial charge in [0.05, 0.1) is 7.11 Å². The molecule has 19 heavy (non-hydrogen) atoms. The number of methoxy groups -OCH3 is 1. The number of nitrogens with two attached hydrogens (primary N) is 1. The summed E-state index contributed by atoms with van der Waals surface area (Å²) in [6.07, 6.45) is 1.55. The summed E-state index contributed by atoms with van der Waals surface area (Å²) in [5.41, 5.74) is 6.13. The van der Waals surface area contributed by atoms with Crippen molar-refractivity contribution in [3.05, 3.63) is 18.2 Å². The van der Waals surface area contributed by atoms with E-state index in [0.717, 1.165) is 12.8 Å². The molecule has 0 aromatic heterocycles. The highest BCUT2D eigenvalue weighted by Crippen LogP contribution is 2.28. The van der Waals surface area contributed by atoms with Crippen molar-refractivity contribution in [3.63, 3.8) is 0 Å². The van der Waals surface area contributed by atoms with Crippen LogP contribution >= 0.6 is 0 Å². The van der Waals surface area contributed by atoms with Crippen molar-refractivity contribution in [1.82, 2.24) is 4.31 Å². The van der Waals surface area contributed by atoms with Gasteiger partial charge in [-0.1, -0.05) is 13.8 Å². The summed E-state index contributed by atoms with van der Waals surface area (Å²) in [5, 5.41) is 0. The maximum Gasteiger partial charge on any atom is 0.246 e. The van der Waals surface area contributed by atoms with Crippen molar-refractivity contribution in [2.45, 2.75) is 31.6 Å². The molecule has 0 amide bonds. The molecule has 0 aliphatic rings. The topological polar surface area (TPSA) is 72.6 Å². The van der Waals surface area contributed by atoms with Crippen LogP contribution in [0, 0.1) is 0 Å². The van der Waals surface area contributed by atoms with Crippen molar-refractivity contribution >= 4 is 15.7 Å². The van der Waals surface area contributed by atoms with Crippen molar-refractivity contribution in [1.29, 1.82) is 0 Å². The fourth-order valence-corrected chi connectivity index (χ4v) is 3.65. The summed E-state index contributed by atoms with van der Waals surface area (Å²) in [6, 6.07) is 4.61. The molecule has 0 bridgehead atoms. The van der Waals surface area contributed by atoms with Crippen LogP contribution in [0.2, 0.25) is 0 Å². The molecule has 1 aromatic carbocycles. The quantitative estimate of drug-likeness (QED) is 0.779. The Kier molecular flexibility index (Phi) is 5.62. The number of benzene rings is 1. The van der Waals surface area contributed by atoms with Crippen molar-refractivity contribution < 1.29 is 13.2 Å². The molecule has 5 nitrogen and oxygen atoms in total. The largest absolute Gasteiger partial charge is 0.495 e. The van der Waals surface area contributed by atoms with Crippen LogP contribution in [-0.2, 0) is 10.0 Å². The van der Waals surface area contributed by atoms with Crippen LogP contribution in [0.15, 0.2) is 23.1 Å². The minimum absolute atomic E-state index is 0.172. The van der Waals surface area contributed by atoms with Gasteiger partial charge < -0.3 is 10.5 Å². The van der Waals surface area contributed by atoms with Gasteiger partial charge in [0.1, 0.15) is 10.6 Å². The minimum atomic E-state index is -3.53. The standard InChI is InChI=1S/C13H22N2O3S/c1-4-8-15(9-5-2)19(16,17)13-7-6-11(14)10-12(13)18-3/h6-7,10H,4-5,8-9,14H2,1-3H3. The zero-order valence-electron chi connectivity index (χ0n) is 11.7. The van der Waals surface area contributed by atoms with Crippen LogP contribution in [0.1, 0.15) is 26.7 Å². The highest BCUT2D eigenvalue weighted by atomic mass is 32.2. The number of hydrogen-bond donors (Lipinski definition) is 1. The molecule has 0 fully saturated rings. The third kappa shape index (κ3) is 3.61. The lowest BCUT2D eigenvalue weighted by molar-refractivity contribution is 0.387. The van der Waals surface area contributed by atoms with Gasteiger partial charge >= 0.3 is 0 Å². The van der Waals surface area contributed by atoms with Gasteiger partial charge in [0, 0.05) is 24.8 Å². The van der Waals surface area contributed by atoms with E-state index in [1.807, 2.05) is 13.8 Å². The Bertz CT molecular complexity index is 509. The average molecular weight is 286 g/mol. The third-order valence-corrected chi connectivity index (χ3v) is 4.69. The van der Waals surface area contributed by atoms with E-state index in [4.69, 9.17) is 10.5 Å². The molecule has 1 rings (SSSR count). The van der Waals surface area contributed by atoms with Gasteiger partial charge in [0.15, 0.2) is 0 Å². The molecule has 0 saturated heterocycles. The minimum Gasteiger partial charge on any atom is -0.495 e. The molecular formula is C13H22N2O3S. The molecule has 0 heterocycles. The summed E-state index contributed by atoms with van der Waals surface area (Å²) in [6.45, 7) is 4.92. The Morgan fingerprint density at radius 1 is 1.21 bits per heavy atom. The first kappa shape index (κ1) is 15.8. The molecule has 6 heteroatoms. The predicted octanol–water partition coefficient (Wildman–Crippen LogP) is 2.09. The lowest BCUT2D eigenvalue weighted by Crippen LogP contribution is -2.32. The Morgan fingerprint density at radius 2 is 1.79 bits per heavy atom. The Labute approximate surface area is 115 Å². The first-order chi connectivity index (χ1) is 8.97. The molecule has 0 saturated carbocycles. The second-order valence-electron chi connectivity index (χ2n) is 4.31. The Balaban J connectivity index is 3.24. The maximum atomic E-state index is 12.6. The molecule has 0 aliphatic carbocycles. The second kappa shape index (κ2) is 6.77. The molecular weight excluding hydrogens is 264 g/mol. The van der Waals surface area contributed by atoms with Gasteiger partial charge in [-0.3, -0.25) is 0 Å². The van der Waals surface area contributed by atoms with Crippen LogP contribution in [0.5, 0.6) is 5.75 Å². The summed E-state index contributed by atoms with van der Waals surface area (Å²) in [5.74, 6) is 0.289. The first-order valence-electron chi connectivity index (χ1n) is 6.41. The number of anilines is 1. The van der Waals surface area contributed by atoms with Gasteiger partial charge in [-0.25, -0.2) is 8.42 Å². The van der Waals surface area contributed by atoms with Crippen molar-refractivity contribution in [2.24, 2.45) is 0 Å². The van der Waals surface area contributed by atoms with Gasteiger partial charge in [0.25, 0.3) is 0 Å². The zero-order chi connectivity index (χ0) is 14.5. The smallest absolute Gasteiger partial charge is 0.246 e. The predicted molar refractivity (Wildman–Crippen MR) is 76.7 cm³/mol. The third-order valence-electron chi connectivity index (χ3n) is 2.75. The van der Waals surface area contributed by atoms with Gasteiger partial charge in [-0.2, -0.15) is 4.31 Å². The molecule has 1 aromatic rings. The highest BCUT2D eigenvalue weighted by molar-refractivity contribution is 7.89. The number of ether oxygens (including phenoxy) is 1. The van der Waals surface area contributed by atoms with E-state index in [9.17, 15) is 8.42 Å². The van der Waals surface area contributed by atoms with Crippen LogP contribution < -0.4 is 10.5 Å². The number of hydrogen-bond acceptors (Lipinski definition) is 4. The number of sulfonamides is 1. The fourth-order valence-electron chi connectivity index (χ4n) is 1.89. The number of rotatable bonds is 7. The maximum absolute atomic E-state index is 12.6. The normalized spacial score (nSPS) is 11.8. The van der Waals surface area contributed by atoms with E-state index in [1.54, 1.807) is 6.07 Å². The van der Waals surface area contributed by atoms with Crippen LogP contribution in [-0.4, -0.2) is 32.9 Å². The summed E-state index contributed by atoms with van der Waals surface area (Å²) in [4.78, 5) is 0.172. The van der Waals surface area contributed by atoms with Crippen LogP contribution in [0.4, 0.5) is 5.69 Å². The Hall–Kier alpha value is -1.27. The SMILES string of the molecule is CCCN(CCC)S(=O)(=O)c1ccc(N)cc1OC. The summed E-state index contributed by atoms with van der Waals surface area (Å²) >= 11 is 0. The van der Waals surface area contributed by atoms with Crippen LogP contribution in [0.25, 0.3) is 0 Å². The van der Waals surface area contributed by atoms with Gasteiger partial charge in [0.2, 0.25) is 10.0 Å². The molecule has 0 unspecified atom stereocenters. The molecule has 2 N–H and O–H groups in total. The lowest BCUT2D eigenvalue weighted by atomic mass is 10.3. The van der Waals surface area contributed by atoms with Crippen molar-refractivity contribution in [3.8, 4) is 5.75 Å². The summed E-state index contributed by atoms with van der Waals surface area (Å²) in [7, 11) is -2.09.